The Kier molecular flexibility index (Phi) is 6.87. The number of nitrogens with one attached hydrogen (secondary N) is 1. The third-order valence-electron chi connectivity index (χ3n) is 4.30. The van der Waals surface area contributed by atoms with E-state index in [1.165, 1.54) is 18.3 Å². The van der Waals surface area contributed by atoms with Gasteiger partial charge in [-0.2, -0.15) is 5.10 Å². The van der Waals surface area contributed by atoms with Gasteiger partial charge < -0.3 is 0 Å². The molecule has 6 nitrogen and oxygen atoms in total. The van der Waals surface area contributed by atoms with Gasteiger partial charge in [-0.3, -0.25) is 9.10 Å². The maximum Gasteiger partial charge on any atom is 0.264 e. The van der Waals surface area contributed by atoms with Crippen LogP contribution in [0.3, 0.4) is 0 Å². The standard InChI is InChI=1S/C22H20ClN3O3S/c1-17-9-5-8-14-21(17)26(30(28,29)19-11-3-2-4-12-19)16-22(27)25-24-15-18-10-6-7-13-20(18)23/h2-15H,16H2,1H3,(H,25,27)/b24-15-. The molecule has 1 amide bonds. The van der Waals surface area contributed by atoms with Crippen molar-refractivity contribution in [3.05, 3.63) is 95.0 Å². The van der Waals surface area contributed by atoms with Crippen molar-refractivity contribution >= 4 is 39.4 Å². The van der Waals surface area contributed by atoms with E-state index in [1.807, 2.05) is 0 Å². The number of rotatable bonds is 7. The van der Waals surface area contributed by atoms with Crippen LogP contribution in [0.1, 0.15) is 11.1 Å². The second kappa shape index (κ2) is 9.56. The molecule has 8 heteroatoms. The molecule has 3 rings (SSSR count). The van der Waals surface area contributed by atoms with Gasteiger partial charge in [-0.05, 0) is 36.8 Å². The lowest BCUT2D eigenvalue weighted by atomic mass is 10.2. The van der Waals surface area contributed by atoms with Gasteiger partial charge in [0.25, 0.3) is 15.9 Å². The topological polar surface area (TPSA) is 78.8 Å². The Labute approximate surface area is 180 Å². The van der Waals surface area contributed by atoms with Gasteiger partial charge in [0.1, 0.15) is 6.54 Å². The summed E-state index contributed by atoms with van der Waals surface area (Å²) in [6.07, 6.45) is 1.41. The van der Waals surface area contributed by atoms with E-state index < -0.39 is 22.5 Å². The summed E-state index contributed by atoms with van der Waals surface area (Å²) in [5, 5.41) is 4.39. The third kappa shape index (κ3) is 5.06. The molecular formula is C22H20ClN3O3S. The minimum atomic E-state index is -3.96. The Bertz CT molecular complexity index is 1170. The molecule has 0 heterocycles. The van der Waals surface area contributed by atoms with Crippen molar-refractivity contribution in [2.24, 2.45) is 5.10 Å². The van der Waals surface area contributed by atoms with Crippen LogP contribution in [-0.4, -0.2) is 27.1 Å². The fourth-order valence-corrected chi connectivity index (χ4v) is 4.47. The minimum absolute atomic E-state index is 0.0978. The van der Waals surface area contributed by atoms with Crippen LogP contribution in [0.5, 0.6) is 0 Å². The molecule has 0 radical (unpaired) electrons. The number of halogens is 1. The number of sulfonamides is 1. The molecule has 0 aromatic heterocycles. The molecule has 0 aliphatic heterocycles. The van der Waals surface area contributed by atoms with Crippen LogP contribution in [-0.2, 0) is 14.8 Å². The quantitative estimate of drug-likeness (QED) is 0.444. The van der Waals surface area contributed by atoms with E-state index in [2.05, 4.69) is 10.5 Å². The summed E-state index contributed by atoms with van der Waals surface area (Å²) in [5.74, 6) is -0.582. The summed E-state index contributed by atoms with van der Waals surface area (Å²) in [4.78, 5) is 12.6. The zero-order valence-corrected chi connectivity index (χ0v) is 17.8. The number of hydrogen-bond donors (Lipinski definition) is 1. The van der Waals surface area contributed by atoms with Gasteiger partial charge in [-0.15, -0.1) is 0 Å². The highest BCUT2D eigenvalue weighted by Gasteiger charge is 2.27. The molecule has 0 saturated heterocycles. The maximum absolute atomic E-state index is 13.3. The van der Waals surface area contributed by atoms with Gasteiger partial charge in [0, 0.05) is 10.6 Å². The fraction of sp³-hybridized carbons (Fsp3) is 0.0909. The first kappa shape index (κ1) is 21.5. The van der Waals surface area contributed by atoms with Crippen LogP contribution < -0.4 is 9.73 Å². The van der Waals surface area contributed by atoms with Gasteiger partial charge >= 0.3 is 0 Å². The fourth-order valence-electron chi connectivity index (χ4n) is 2.78. The molecular weight excluding hydrogens is 422 g/mol. The molecule has 0 fully saturated rings. The number of benzene rings is 3. The van der Waals surface area contributed by atoms with Crippen LogP contribution in [0.25, 0.3) is 0 Å². The van der Waals surface area contributed by atoms with Crippen molar-refractivity contribution in [2.75, 3.05) is 10.8 Å². The Morgan fingerprint density at radius 1 is 1.00 bits per heavy atom. The molecule has 0 saturated carbocycles. The van der Waals surface area contributed by atoms with Gasteiger partial charge in [0.15, 0.2) is 0 Å². The average Bonchev–Trinajstić information content (AvgIpc) is 2.74. The number of carbonyl (C=O) groups is 1. The van der Waals surface area contributed by atoms with E-state index in [-0.39, 0.29) is 4.90 Å². The number of anilines is 1. The molecule has 3 aromatic rings. The zero-order chi connectivity index (χ0) is 21.6. The number of hydrazone groups is 1. The Balaban J connectivity index is 1.85. The molecule has 30 heavy (non-hydrogen) atoms. The highest BCUT2D eigenvalue weighted by molar-refractivity contribution is 7.92. The van der Waals surface area contributed by atoms with Crippen molar-refractivity contribution in [3.63, 3.8) is 0 Å². The molecule has 0 bridgehead atoms. The van der Waals surface area contributed by atoms with Gasteiger partial charge in [0.2, 0.25) is 0 Å². The van der Waals surface area contributed by atoms with Crippen LogP contribution in [0.2, 0.25) is 5.02 Å². The molecule has 0 aliphatic rings. The van der Waals surface area contributed by atoms with E-state index in [0.29, 0.717) is 16.3 Å². The number of amides is 1. The van der Waals surface area contributed by atoms with Crippen molar-refractivity contribution in [1.29, 1.82) is 0 Å². The Morgan fingerprint density at radius 3 is 2.33 bits per heavy atom. The minimum Gasteiger partial charge on any atom is -0.271 e. The highest BCUT2D eigenvalue weighted by atomic mass is 35.5. The number of para-hydroxylation sites is 1. The summed E-state index contributed by atoms with van der Waals surface area (Å²) in [7, 11) is -3.96. The summed E-state index contributed by atoms with van der Waals surface area (Å²) >= 11 is 6.06. The molecule has 0 aliphatic carbocycles. The molecule has 154 valence electrons. The summed E-state index contributed by atoms with van der Waals surface area (Å²) in [6.45, 7) is 1.36. The van der Waals surface area contributed by atoms with Crippen molar-refractivity contribution < 1.29 is 13.2 Å². The van der Waals surface area contributed by atoms with E-state index in [0.717, 1.165) is 9.87 Å². The Morgan fingerprint density at radius 2 is 1.63 bits per heavy atom. The molecule has 3 aromatic carbocycles. The highest BCUT2D eigenvalue weighted by Crippen LogP contribution is 2.26. The van der Waals surface area contributed by atoms with E-state index >= 15 is 0 Å². The van der Waals surface area contributed by atoms with Crippen molar-refractivity contribution in [3.8, 4) is 0 Å². The van der Waals surface area contributed by atoms with Crippen LogP contribution in [0.4, 0.5) is 5.69 Å². The largest absolute Gasteiger partial charge is 0.271 e. The number of carbonyl (C=O) groups excluding carboxylic acids is 1. The average molecular weight is 442 g/mol. The van der Waals surface area contributed by atoms with Crippen LogP contribution >= 0.6 is 11.6 Å². The predicted molar refractivity (Wildman–Crippen MR) is 119 cm³/mol. The van der Waals surface area contributed by atoms with Gasteiger partial charge in [-0.25, -0.2) is 13.8 Å². The number of nitrogens with zero attached hydrogens (tertiary/aromatic N) is 2. The monoisotopic (exact) mass is 441 g/mol. The molecule has 0 atom stereocenters. The third-order valence-corrected chi connectivity index (χ3v) is 6.42. The van der Waals surface area contributed by atoms with Crippen LogP contribution in [0, 0.1) is 6.92 Å². The molecule has 0 unspecified atom stereocenters. The molecule has 1 N–H and O–H groups in total. The second-order valence-corrected chi connectivity index (χ2v) is 8.70. The SMILES string of the molecule is Cc1ccccc1N(CC(=O)N/N=C\c1ccccc1Cl)S(=O)(=O)c1ccccc1. The smallest absolute Gasteiger partial charge is 0.264 e. The summed E-state index contributed by atoms with van der Waals surface area (Å²) in [6, 6.07) is 22.0. The molecule has 0 spiro atoms. The van der Waals surface area contributed by atoms with Gasteiger partial charge in [-0.1, -0.05) is 66.2 Å². The first-order chi connectivity index (χ1) is 14.4. The summed E-state index contributed by atoms with van der Waals surface area (Å²) in [5.41, 5.74) is 4.15. The van der Waals surface area contributed by atoms with E-state index in [9.17, 15) is 13.2 Å². The zero-order valence-electron chi connectivity index (χ0n) is 16.2. The first-order valence-corrected chi connectivity index (χ1v) is 10.9. The summed E-state index contributed by atoms with van der Waals surface area (Å²) < 4.78 is 27.6. The lowest BCUT2D eigenvalue weighted by Gasteiger charge is -2.25. The normalized spacial score (nSPS) is 11.4. The maximum atomic E-state index is 13.3. The first-order valence-electron chi connectivity index (χ1n) is 9.09. The lowest BCUT2D eigenvalue weighted by Crippen LogP contribution is -2.40. The van der Waals surface area contributed by atoms with Crippen molar-refractivity contribution in [1.82, 2.24) is 5.43 Å². The predicted octanol–water partition coefficient (Wildman–Crippen LogP) is 3.99. The number of hydrogen-bond acceptors (Lipinski definition) is 4. The lowest BCUT2D eigenvalue weighted by molar-refractivity contribution is -0.119. The number of aryl methyl sites for hydroxylation is 1. The van der Waals surface area contributed by atoms with Crippen molar-refractivity contribution in [2.45, 2.75) is 11.8 Å². The van der Waals surface area contributed by atoms with Gasteiger partial charge in [0.05, 0.1) is 16.8 Å². The Hall–Kier alpha value is -3.16. The second-order valence-electron chi connectivity index (χ2n) is 6.43. The van der Waals surface area contributed by atoms with Crippen LogP contribution in [0.15, 0.2) is 88.9 Å². The van der Waals surface area contributed by atoms with E-state index in [1.54, 1.807) is 73.7 Å². The van der Waals surface area contributed by atoms with E-state index in [4.69, 9.17) is 11.6 Å².